The van der Waals surface area contributed by atoms with Gasteiger partial charge in [0.1, 0.15) is 0 Å². The molecule has 3 aromatic heterocycles. The Labute approximate surface area is 281 Å². The second kappa shape index (κ2) is 10.7. The van der Waals surface area contributed by atoms with Gasteiger partial charge < -0.3 is 0 Å². The molecule has 0 aliphatic heterocycles. The third kappa shape index (κ3) is 4.20. The molecule has 10 aromatic rings. The van der Waals surface area contributed by atoms with E-state index >= 15 is 0 Å². The largest absolute Gasteiger partial charge is 0.292 e. The van der Waals surface area contributed by atoms with Gasteiger partial charge in [0.05, 0.1) is 29.1 Å². The van der Waals surface area contributed by atoms with E-state index in [1.54, 1.807) is 0 Å². The van der Waals surface area contributed by atoms with Crippen LogP contribution >= 0.6 is 11.3 Å². The van der Waals surface area contributed by atoms with Crippen molar-refractivity contribution < 1.29 is 0 Å². The SMILES string of the molecule is c1ccc(-c2cc(-c3ccccc3)cc(-c3cnc(-n4c5ccccc5c5ccc6sc7c8ccccc8ccc7c6c54)cn3)c2)cc1. The highest BCUT2D eigenvalue weighted by atomic mass is 32.1. The van der Waals surface area contributed by atoms with Gasteiger partial charge in [0.25, 0.3) is 0 Å². The second-order valence-electron chi connectivity index (χ2n) is 12.2. The van der Waals surface area contributed by atoms with E-state index in [-0.39, 0.29) is 0 Å². The molecular formula is C44H27N3S. The lowest BCUT2D eigenvalue weighted by Crippen LogP contribution is -1.99. The Balaban J connectivity index is 1.18. The molecule has 0 N–H and O–H groups in total. The van der Waals surface area contributed by atoms with Gasteiger partial charge in [-0.1, -0.05) is 121 Å². The molecule has 0 radical (unpaired) electrons. The van der Waals surface area contributed by atoms with Gasteiger partial charge >= 0.3 is 0 Å². The van der Waals surface area contributed by atoms with Crippen molar-refractivity contribution in [2.75, 3.05) is 0 Å². The highest BCUT2D eigenvalue weighted by Crippen LogP contribution is 2.45. The van der Waals surface area contributed by atoms with Crippen molar-refractivity contribution in [3.8, 4) is 39.3 Å². The number of thiophene rings is 1. The van der Waals surface area contributed by atoms with Crippen LogP contribution in [0, 0.1) is 0 Å². The summed E-state index contributed by atoms with van der Waals surface area (Å²) in [7, 11) is 0. The lowest BCUT2D eigenvalue weighted by molar-refractivity contribution is 1.05. The third-order valence-corrected chi connectivity index (χ3v) is 10.7. The van der Waals surface area contributed by atoms with Crippen LogP contribution in [-0.2, 0) is 0 Å². The summed E-state index contributed by atoms with van der Waals surface area (Å²) in [5, 5.41) is 7.54. The number of aromatic nitrogens is 3. The lowest BCUT2D eigenvalue weighted by Gasteiger charge is -2.12. The van der Waals surface area contributed by atoms with E-state index in [9.17, 15) is 0 Å². The van der Waals surface area contributed by atoms with Gasteiger partial charge in [0.2, 0.25) is 0 Å². The molecule has 0 saturated carbocycles. The van der Waals surface area contributed by atoms with Gasteiger partial charge in [-0.2, -0.15) is 0 Å². The minimum Gasteiger partial charge on any atom is -0.292 e. The van der Waals surface area contributed by atoms with Crippen molar-refractivity contribution in [3.63, 3.8) is 0 Å². The molecule has 0 fully saturated rings. The first-order chi connectivity index (χ1) is 23.8. The number of para-hydroxylation sites is 1. The number of rotatable bonds is 4. The summed E-state index contributed by atoms with van der Waals surface area (Å²) in [4.78, 5) is 10.2. The van der Waals surface area contributed by atoms with Gasteiger partial charge in [0, 0.05) is 36.5 Å². The molecule has 10 rings (SSSR count). The zero-order valence-corrected chi connectivity index (χ0v) is 26.7. The summed E-state index contributed by atoms with van der Waals surface area (Å²) >= 11 is 1.87. The molecular weight excluding hydrogens is 603 g/mol. The number of fused-ring (bicyclic) bond motifs is 9. The molecule has 0 unspecified atom stereocenters. The fourth-order valence-electron chi connectivity index (χ4n) is 7.24. The first kappa shape index (κ1) is 27.1. The highest BCUT2D eigenvalue weighted by molar-refractivity contribution is 7.26. The predicted octanol–water partition coefficient (Wildman–Crippen LogP) is 12.1. The summed E-state index contributed by atoms with van der Waals surface area (Å²) in [6.45, 7) is 0. The average molecular weight is 630 g/mol. The number of hydrogen-bond acceptors (Lipinski definition) is 3. The molecule has 3 nitrogen and oxygen atoms in total. The standard InChI is InChI=1S/C44H27N3S/c1-3-11-28(12-4-1)31-23-32(29-13-5-2-6-14-29)25-33(24-31)38-26-46-41(27-45-38)47-39-18-10-9-17-35(39)36-21-22-40-42(43(36)47)37-20-19-30-15-7-8-16-34(30)44(37)48-40/h1-27H. The molecule has 0 aliphatic carbocycles. The summed E-state index contributed by atoms with van der Waals surface area (Å²) in [6.07, 6.45) is 3.86. The Kier molecular flexibility index (Phi) is 6.05. The Bertz CT molecular complexity index is 2760. The monoisotopic (exact) mass is 629 g/mol. The Morgan fingerprint density at radius 2 is 1.10 bits per heavy atom. The molecule has 0 spiro atoms. The number of nitrogens with zero attached hydrogens (tertiary/aromatic N) is 3. The van der Waals surface area contributed by atoms with Crippen LogP contribution in [0.5, 0.6) is 0 Å². The Morgan fingerprint density at radius 3 is 1.83 bits per heavy atom. The quantitative estimate of drug-likeness (QED) is 0.194. The van der Waals surface area contributed by atoms with Crippen LogP contribution in [0.4, 0.5) is 0 Å². The van der Waals surface area contributed by atoms with Crippen molar-refractivity contribution in [1.29, 1.82) is 0 Å². The van der Waals surface area contributed by atoms with Crippen LogP contribution < -0.4 is 0 Å². The summed E-state index contributed by atoms with van der Waals surface area (Å²) < 4.78 is 4.90. The van der Waals surface area contributed by atoms with E-state index in [2.05, 4.69) is 156 Å². The van der Waals surface area contributed by atoms with Gasteiger partial charge in [0.15, 0.2) is 5.82 Å². The third-order valence-electron chi connectivity index (χ3n) is 9.47. The van der Waals surface area contributed by atoms with Crippen molar-refractivity contribution in [2.45, 2.75) is 0 Å². The smallest absolute Gasteiger partial charge is 0.156 e. The van der Waals surface area contributed by atoms with Crippen molar-refractivity contribution >= 4 is 64.1 Å². The van der Waals surface area contributed by atoms with Crippen LogP contribution in [0.1, 0.15) is 0 Å². The van der Waals surface area contributed by atoms with Gasteiger partial charge in [-0.3, -0.25) is 9.55 Å². The fourth-order valence-corrected chi connectivity index (χ4v) is 8.48. The van der Waals surface area contributed by atoms with Crippen molar-refractivity contribution in [3.05, 3.63) is 164 Å². The van der Waals surface area contributed by atoms with Crippen LogP contribution in [0.3, 0.4) is 0 Å². The van der Waals surface area contributed by atoms with Gasteiger partial charge in [-0.05, 0) is 63.4 Å². The molecule has 224 valence electrons. The first-order valence-electron chi connectivity index (χ1n) is 16.1. The highest BCUT2D eigenvalue weighted by Gasteiger charge is 2.20. The van der Waals surface area contributed by atoms with Crippen molar-refractivity contribution in [1.82, 2.24) is 14.5 Å². The van der Waals surface area contributed by atoms with Crippen LogP contribution in [0.25, 0.3) is 92.1 Å². The molecule has 48 heavy (non-hydrogen) atoms. The Morgan fingerprint density at radius 1 is 0.458 bits per heavy atom. The van der Waals surface area contributed by atoms with Crippen molar-refractivity contribution in [2.24, 2.45) is 0 Å². The van der Waals surface area contributed by atoms with Crippen LogP contribution in [0.15, 0.2) is 164 Å². The van der Waals surface area contributed by atoms with Gasteiger partial charge in [-0.25, -0.2) is 4.98 Å². The van der Waals surface area contributed by atoms with E-state index in [1.165, 1.54) is 58.4 Å². The molecule has 0 bridgehead atoms. The predicted molar refractivity (Wildman–Crippen MR) is 203 cm³/mol. The molecule has 7 aromatic carbocycles. The molecule has 0 saturated heterocycles. The minimum absolute atomic E-state index is 0.806. The number of benzene rings is 7. The molecule has 0 amide bonds. The first-order valence-corrected chi connectivity index (χ1v) is 17.0. The minimum atomic E-state index is 0.806. The molecule has 0 aliphatic rings. The van der Waals surface area contributed by atoms with Crippen LogP contribution in [-0.4, -0.2) is 14.5 Å². The summed E-state index contributed by atoms with van der Waals surface area (Å²) in [5.74, 6) is 0.806. The maximum Gasteiger partial charge on any atom is 0.156 e. The summed E-state index contributed by atoms with van der Waals surface area (Å²) in [5.41, 5.74) is 8.83. The lowest BCUT2D eigenvalue weighted by atomic mass is 9.95. The summed E-state index contributed by atoms with van der Waals surface area (Å²) in [6, 6.07) is 54.2. The maximum absolute atomic E-state index is 5.13. The molecule has 4 heteroatoms. The maximum atomic E-state index is 5.13. The topological polar surface area (TPSA) is 30.7 Å². The van der Waals surface area contributed by atoms with E-state index in [0.717, 1.165) is 33.7 Å². The Hall–Kier alpha value is -6.10. The van der Waals surface area contributed by atoms with Gasteiger partial charge in [-0.15, -0.1) is 11.3 Å². The van der Waals surface area contributed by atoms with E-state index in [1.807, 2.05) is 23.7 Å². The van der Waals surface area contributed by atoms with E-state index in [4.69, 9.17) is 9.97 Å². The zero-order chi connectivity index (χ0) is 31.6. The zero-order valence-electron chi connectivity index (χ0n) is 25.8. The fraction of sp³-hybridized carbons (Fsp3) is 0. The van der Waals surface area contributed by atoms with E-state index < -0.39 is 0 Å². The average Bonchev–Trinajstić information content (AvgIpc) is 3.72. The molecule has 0 atom stereocenters. The van der Waals surface area contributed by atoms with Crippen LogP contribution in [0.2, 0.25) is 0 Å². The normalized spacial score (nSPS) is 11.8. The molecule has 3 heterocycles. The second-order valence-corrected chi connectivity index (χ2v) is 13.3. The number of hydrogen-bond donors (Lipinski definition) is 0. The van der Waals surface area contributed by atoms with E-state index in [0.29, 0.717) is 0 Å².